The zero-order chi connectivity index (χ0) is 23.3. The van der Waals surface area contributed by atoms with E-state index in [1.54, 1.807) is 29.2 Å². The van der Waals surface area contributed by atoms with Crippen molar-refractivity contribution in [1.82, 2.24) is 9.21 Å². The maximum absolute atomic E-state index is 13.6. The molecule has 0 aliphatic carbocycles. The highest BCUT2D eigenvalue weighted by molar-refractivity contribution is 7.89. The molecule has 2 amide bonds. The lowest BCUT2D eigenvalue weighted by Crippen LogP contribution is -2.46. The summed E-state index contributed by atoms with van der Waals surface area (Å²) in [5.74, 6) is -0.840. The molecule has 0 atom stereocenters. The summed E-state index contributed by atoms with van der Waals surface area (Å²) in [7, 11) is -2.75. The van der Waals surface area contributed by atoms with Crippen LogP contribution in [0, 0.1) is 5.92 Å². The minimum absolute atomic E-state index is 0.00231. The number of methoxy groups -OCH3 is 1. The molecule has 32 heavy (non-hydrogen) atoms. The van der Waals surface area contributed by atoms with Gasteiger partial charge in [-0.15, -0.1) is 0 Å². The number of piperidine rings is 1. The van der Waals surface area contributed by atoms with E-state index >= 15 is 0 Å². The van der Waals surface area contributed by atoms with Crippen LogP contribution < -0.4 is 10.5 Å². The fourth-order valence-electron chi connectivity index (χ4n) is 3.67. The van der Waals surface area contributed by atoms with E-state index in [1.165, 1.54) is 25.3 Å². The highest BCUT2D eigenvalue weighted by Gasteiger charge is 2.33. The molecule has 3 rings (SSSR count). The Bertz CT molecular complexity index is 1070. The molecule has 1 heterocycles. The smallest absolute Gasteiger partial charge is 0.247 e. The summed E-state index contributed by atoms with van der Waals surface area (Å²) in [6, 6.07) is 13.3. The fraction of sp³-hybridized carbons (Fsp3) is 0.364. The minimum Gasteiger partial charge on any atom is -0.495 e. The van der Waals surface area contributed by atoms with Gasteiger partial charge in [-0.25, -0.2) is 8.42 Å². The predicted octanol–water partition coefficient (Wildman–Crippen LogP) is 2.26. The topological polar surface area (TPSA) is 110 Å². The van der Waals surface area contributed by atoms with Gasteiger partial charge in [-0.05, 0) is 36.6 Å². The first kappa shape index (κ1) is 24.0. The summed E-state index contributed by atoms with van der Waals surface area (Å²) in [5, 5.41) is 0.240. The molecule has 1 saturated heterocycles. The SMILES string of the molecule is COc1ccc(Cl)cc1S(=O)(=O)N(CC(=O)N1CCC(C(N)=O)CC1)Cc1ccccc1. The number of halogens is 1. The van der Waals surface area contributed by atoms with Gasteiger partial charge in [0.1, 0.15) is 10.6 Å². The van der Waals surface area contributed by atoms with Gasteiger partial charge in [0.15, 0.2) is 0 Å². The Morgan fingerprint density at radius 3 is 2.41 bits per heavy atom. The van der Waals surface area contributed by atoms with E-state index in [0.717, 1.165) is 9.87 Å². The van der Waals surface area contributed by atoms with Crippen molar-refractivity contribution in [2.24, 2.45) is 11.7 Å². The van der Waals surface area contributed by atoms with E-state index in [2.05, 4.69) is 0 Å². The maximum atomic E-state index is 13.6. The van der Waals surface area contributed by atoms with Gasteiger partial charge < -0.3 is 15.4 Å². The number of nitrogens with two attached hydrogens (primary N) is 1. The summed E-state index contributed by atoms with van der Waals surface area (Å²) in [4.78, 5) is 25.9. The molecule has 2 N–H and O–H groups in total. The number of sulfonamides is 1. The zero-order valence-electron chi connectivity index (χ0n) is 17.7. The molecule has 2 aromatic carbocycles. The van der Waals surface area contributed by atoms with Crippen LogP contribution in [0.4, 0.5) is 0 Å². The summed E-state index contributed by atoms with van der Waals surface area (Å²) in [6.07, 6.45) is 0.934. The van der Waals surface area contributed by atoms with E-state index in [9.17, 15) is 18.0 Å². The van der Waals surface area contributed by atoms with Crippen molar-refractivity contribution in [3.05, 3.63) is 59.1 Å². The van der Waals surface area contributed by atoms with Crippen LogP contribution in [0.2, 0.25) is 5.02 Å². The zero-order valence-corrected chi connectivity index (χ0v) is 19.3. The second-order valence-electron chi connectivity index (χ2n) is 7.61. The second kappa shape index (κ2) is 10.3. The van der Waals surface area contributed by atoms with Gasteiger partial charge in [-0.1, -0.05) is 41.9 Å². The van der Waals surface area contributed by atoms with E-state index in [-0.39, 0.29) is 46.5 Å². The molecule has 1 aliphatic rings. The van der Waals surface area contributed by atoms with Crippen LogP contribution in [0.15, 0.2) is 53.4 Å². The van der Waals surface area contributed by atoms with Gasteiger partial charge in [0.2, 0.25) is 21.8 Å². The molecule has 0 saturated carbocycles. The van der Waals surface area contributed by atoms with Crippen LogP contribution in [0.3, 0.4) is 0 Å². The van der Waals surface area contributed by atoms with Crippen molar-refractivity contribution in [2.45, 2.75) is 24.3 Å². The van der Waals surface area contributed by atoms with Gasteiger partial charge in [0, 0.05) is 30.6 Å². The molecule has 0 spiro atoms. The van der Waals surface area contributed by atoms with Crippen molar-refractivity contribution in [3.63, 3.8) is 0 Å². The summed E-state index contributed by atoms with van der Waals surface area (Å²) in [6.45, 7) is 0.356. The maximum Gasteiger partial charge on any atom is 0.247 e. The Morgan fingerprint density at radius 2 is 1.81 bits per heavy atom. The molecule has 0 unspecified atom stereocenters. The minimum atomic E-state index is -4.12. The van der Waals surface area contributed by atoms with Crippen LogP contribution in [0.5, 0.6) is 5.75 Å². The third-order valence-electron chi connectivity index (χ3n) is 5.51. The van der Waals surface area contributed by atoms with Crippen LogP contribution in [0.1, 0.15) is 18.4 Å². The van der Waals surface area contributed by atoms with Gasteiger partial charge in [-0.3, -0.25) is 9.59 Å². The van der Waals surface area contributed by atoms with Crippen molar-refractivity contribution >= 4 is 33.4 Å². The highest BCUT2D eigenvalue weighted by Crippen LogP contribution is 2.30. The molecule has 8 nitrogen and oxygen atoms in total. The number of benzene rings is 2. The van der Waals surface area contributed by atoms with E-state index in [0.29, 0.717) is 25.9 Å². The summed E-state index contributed by atoms with van der Waals surface area (Å²) < 4.78 is 33.5. The largest absolute Gasteiger partial charge is 0.495 e. The normalized spacial score (nSPS) is 15.0. The number of carbonyl (C=O) groups excluding carboxylic acids is 2. The van der Waals surface area contributed by atoms with E-state index in [4.69, 9.17) is 22.1 Å². The number of rotatable bonds is 8. The molecule has 10 heteroatoms. The van der Waals surface area contributed by atoms with E-state index < -0.39 is 10.0 Å². The Balaban J connectivity index is 1.88. The number of amides is 2. The highest BCUT2D eigenvalue weighted by atomic mass is 35.5. The van der Waals surface area contributed by atoms with Crippen molar-refractivity contribution in [1.29, 1.82) is 0 Å². The second-order valence-corrected chi connectivity index (χ2v) is 9.95. The number of nitrogens with zero attached hydrogens (tertiary/aromatic N) is 2. The predicted molar refractivity (Wildman–Crippen MR) is 121 cm³/mol. The van der Waals surface area contributed by atoms with Crippen LogP contribution >= 0.6 is 11.6 Å². The summed E-state index contributed by atoms with van der Waals surface area (Å²) in [5.41, 5.74) is 6.10. The summed E-state index contributed by atoms with van der Waals surface area (Å²) >= 11 is 6.06. The number of hydrogen-bond donors (Lipinski definition) is 1. The monoisotopic (exact) mass is 479 g/mol. The quantitative estimate of drug-likeness (QED) is 0.624. The molecule has 0 aromatic heterocycles. The molecule has 172 valence electrons. The van der Waals surface area contributed by atoms with Crippen molar-refractivity contribution in [2.75, 3.05) is 26.7 Å². The molecule has 0 bridgehead atoms. The van der Waals surface area contributed by atoms with Crippen molar-refractivity contribution < 1.29 is 22.7 Å². The average molecular weight is 480 g/mol. The molecule has 1 fully saturated rings. The van der Waals surface area contributed by atoms with E-state index in [1.807, 2.05) is 6.07 Å². The lowest BCUT2D eigenvalue weighted by molar-refractivity contribution is -0.135. The first-order valence-corrected chi connectivity index (χ1v) is 12.0. The lowest BCUT2D eigenvalue weighted by atomic mass is 9.96. The van der Waals surface area contributed by atoms with Gasteiger partial charge in [-0.2, -0.15) is 4.31 Å². The van der Waals surface area contributed by atoms with Crippen LogP contribution in [-0.4, -0.2) is 56.2 Å². The Morgan fingerprint density at radius 1 is 1.16 bits per heavy atom. The standard InChI is InChI=1S/C22H26ClN3O5S/c1-31-19-8-7-18(23)13-20(19)32(29,30)26(14-16-5-3-2-4-6-16)15-21(27)25-11-9-17(10-12-25)22(24)28/h2-8,13,17H,9-12,14-15H2,1H3,(H2,24,28). The molecular weight excluding hydrogens is 454 g/mol. The molecule has 0 radical (unpaired) electrons. The first-order chi connectivity index (χ1) is 15.2. The Labute approximate surface area is 192 Å². The Kier molecular flexibility index (Phi) is 7.76. The molecule has 1 aliphatic heterocycles. The van der Waals surface area contributed by atoms with Gasteiger partial charge in [0.05, 0.1) is 13.7 Å². The van der Waals surface area contributed by atoms with Crippen LogP contribution in [-0.2, 0) is 26.2 Å². The third kappa shape index (κ3) is 5.59. The average Bonchev–Trinajstić information content (AvgIpc) is 2.79. The first-order valence-electron chi connectivity index (χ1n) is 10.2. The number of ether oxygens (including phenoxy) is 1. The number of likely N-dealkylation sites (tertiary alicyclic amines) is 1. The number of hydrogen-bond acceptors (Lipinski definition) is 5. The molecular formula is C22H26ClN3O5S. The van der Waals surface area contributed by atoms with Crippen molar-refractivity contribution in [3.8, 4) is 5.75 Å². The third-order valence-corrected chi connectivity index (χ3v) is 7.55. The number of primary amides is 1. The van der Waals surface area contributed by atoms with Gasteiger partial charge in [0.25, 0.3) is 0 Å². The Hall–Kier alpha value is -2.62. The lowest BCUT2D eigenvalue weighted by Gasteiger charge is -2.32. The fourth-order valence-corrected chi connectivity index (χ4v) is 5.46. The molecule has 2 aromatic rings. The van der Waals surface area contributed by atoms with Crippen LogP contribution in [0.25, 0.3) is 0 Å². The number of carbonyl (C=O) groups is 2. The van der Waals surface area contributed by atoms with Gasteiger partial charge >= 0.3 is 0 Å².